The molecule has 18 heavy (non-hydrogen) atoms. The van der Waals surface area contributed by atoms with E-state index in [2.05, 4.69) is 40.2 Å². The molecule has 1 aromatic rings. The summed E-state index contributed by atoms with van der Waals surface area (Å²) in [7, 11) is 0. The molecule has 0 bridgehead atoms. The fourth-order valence-electron chi connectivity index (χ4n) is 2.18. The minimum atomic E-state index is -0.0450. The van der Waals surface area contributed by atoms with Crippen molar-refractivity contribution >= 4 is 21.6 Å². The van der Waals surface area contributed by atoms with Crippen molar-refractivity contribution < 1.29 is 0 Å². The number of hydrogen-bond acceptors (Lipinski definition) is 3. The average molecular weight is 314 g/mol. The maximum atomic E-state index is 12.1. The highest BCUT2D eigenvalue weighted by Gasteiger charge is 2.32. The zero-order valence-corrected chi connectivity index (χ0v) is 12.6. The summed E-state index contributed by atoms with van der Waals surface area (Å²) in [4.78, 5) is 12.1. The lowest BCUT2D eigenvalue weighted by Crippen LogP contribution is -2.42. The molecular formula is C13H20BrN3O. The quantitative estimate of drug-likeness (QED) is 0.908. The van der Waals surface area contributed by atoms with E-state index < -0.39 is 0 Å². The molecule has 1 aliphatic rings. The molecule has 0 radical (unpaired) electrons. The van der Waals surface area contributed by atoms with Crippen LogP contribution in [-0.2, 0) is 6.54 Å². The molecule has 0 amide bonds. The van der Waals surface area contributed by atoms with Gasteiger partial charge in [0.15, 0.2) is 0 Å². The molecule has 0 saturated heterocycles. The van der Waals surface area contributed by atoms with Crippen molar-refractivity contribution in [2.45, 2.75) is 58.0 Å². The second kappa shape index (κ2) is 5.43. The monoisotopic (exact) mass is 313 g/mol. The van der Waals surface area contributed by atoms with Gasteiger partial charge in [0.05, 0.1) is 11.9 Å². The highest BCUT2D eigenvalue weighted by molar-refractivity contribution is 9.10. The highest BCUT2D eigenvalue weighted by Crippen LogP contribution is 2.35. The molecule has 1 heterocycles. The fourth-order valence-corrected chi connectivity index (χ4v) is 2.58. The van der Waals surface area contributed by atoms with Gasteiger partial charge in [0.2, 0.25) is 0 Å². The number of halogens is 1. The number of anilines is 1. The first-order valence-corrected chi connectivity index (χ1v) is 7.39. The van der Waals surface area contributed by atoms with Gasteiger partial charge < -0.3 is 5.32 Å². The van der Waals surface area contributed by atoms with Crippen LogP contribution in [0.25, 0.3) is 0 Å². The van der Waals surface area contributed by atoms with Crippen LogP contribution in [0.4, 0.5) is 5.69 Å². The summed E-state index contributed by atoms with van der Waals surface area (Å²) >= 11 is 3.39. The van der Waals surface area contributed by atoms with Crippen LogP contribution in [0, 0.1) is 0 Å². The summed E-state index contributed by atoms with van der Waals surface area (Å²) in [6.45, 7) is 4.98. The third-order valence-electron chi connectivity index (χ3n) is 3.60. The van der Waals surface area contributed by atoms with E-state index in [9.17, 15) is 4.79 Å². The van der Waals surface area contributed by atoms with E-state index in [1.165, 1.54) is 11.1 Å². The molecule has 1 fully saturated rings. The molecule has 5 heteroatoms. The molecule has 1 aliphatic carbocycles. The Labute approximate surface area is 116 Å². The van der Waals surface area contributed by atoms with Crippen LogP contribution >= 0.6 is 15.9 Å². The van der Waals surface area contributed by atoms with Gasteiger partial charge in [0, 0.05) is 12.1 Å². The number of aryl methyl sites for hydroxylation is 1. The van der Waals surface area contributed by atoms with Gasteiger partial charge in [-0.3, -0.25) is 4.79 Å². The van der Waals surface area contributed by atoms with Crippen LogP contribution in [0.2, 0.25) is 0 Å². The molecule has 1 saturated carbocycles. The Bertz CT molecular complexity index is 480. The van der Waals surface area contributed by atoms with Crippen LogP contribution in [0.1, 0.15) is 46.0 Å². The first-order valence-electron chi connectivity index (χ1n) is 6.59. The molecule has 0 spiro atoms. The first-order chi connectivity index (χ1) is 8.56. The molecule has 0 unspecified atom stereocenters. The summed E-state index contributed by atoms with van der Waals surface area (Å²) in [5.41, 5.74) is 0.901. The van der Waals surface area contributed by atoms with Gasteiger partial charge in [0.25, 0.3) is 5.56 Å². The van der Waals surface area contributed by atoms with Gasteiger partial charge >= 0.3 is 0 Å². The normalized spacial score (nSPS) is 17.3. The van der Waals surface area contributed by atoms with Crippen molar-refractivity contribution in [3.05, 3.63) is 21.0 Å². The smallest absolute Gasteiger partial charge is 0.283 e. The maximum Gasteiger partial charge on any atom is 0.283 e. The number of nitrogens with zero attached hydrogens (tertiary/aromatic N) is 2. The number of rotatable bonds is 5. The number of unbranched alkanes of at least 4 members (excludes halogenated alkanes) is 1. The molecule has 0 aromatic carbocycles. The second-order valence-electron chi connectivity index (χ2n) is 5.29. The molecule has 1 aromatic heterocycles. The van der Waals surface area contributed by atoms with Gasteiger partial charge in [-0.1, -0.05) is 13.3 Å². The third kappa shape index (κ3) is 2.76. The van der Waals surface area contributed by atoms with E-state index in [0.29, 0.717) is 11.0 Å². The average Bonchev–Trinajstić information content (AvgIpc) is 2.32. The predicted octanol–water partition coefficient (Wildman–Crippen LogP) is 3.16. The summed E-state index contributed by atoms with van der Waals surface area (Å²) in [6, 6.07) is 0. The van der Waals surface area contributed by atoms with Crippen LogP contribution in [0.15, 0.2) is 15.5 Å². The second-order valence-corrected chi connectivity index (χ2v) is 6.09. The molecule has 4 nitrogen and oxygen atoms in total. The topological polar surface area (TPSA) is 46.9 Å². The number of nitrogens with one attached hydrogen (secondary N) is 1. The zero-order chi connectivity index (χ0) is 13.2. The zero-order valence-electron chi connectivity index (χ0n) is 11.0. The van der Waals surface area contributed by atoms with Crippen LogP contribution in [0.5, 0.6) is 0 Å². The lowest BCUT2D eigenvalue weighted by atomic mass is 9.78. The Kier molecular flexibility index (Phi) is 4.10. The van der Waals surface area contributed by atoms with E-state index >= 15 is 0 Å². The number of aromatic nitrogens is 2. The van der Waals surface area contributed by atoms with Gasteiger partial charge in [-0.15, -0.1) is 0 Å². The molecule has 0 atom stereocenters. The van der Waals surface area contributed by atoms with Crippen LogP contribution < -0.4 is 10.9 Å². The predicted molar refractivity (Wildman–Crippen MR) is 77.0 cm³/mol. The van der Waals surface area contributed by atoms with Crippen molar-refractivity contribution in [3.8, 4) is 0 Å². The Morgan fingerprint density at radius 2 is 2.28 bits per heavy atom. The van der Waals surface area contributed by atoms with Gasteiger partial charge in [-0.2, -0.15) is 5.10 Å². The Morgan fingerprint density at radius 1 is 1.56 bits per heavy atom. The first kappa shape index (κ1) is 13.6. The highest BCUT2D eigenvalue weighted by atomic mass is 79.9. The van der Waals surface area contributed by atoms with E-state index in [0.717, 1.165) is 31.4 Å². The van der Waals surface area contributed by atoms with Gasteiger partial charge in [0.1, 0.15) is 4.47 Å². The fraction of sp³-hybridized carbons (Fsp3) is 0.692. The van der Waals surface area contributed by atoms with Gasteiger partial charge in [-0.05, 0) is 48.5 Å². The van der Waals surface area contributed by atoms with Crippen molar-refractivity contribution in [1.82, 2.24) is 9.78 Å². The third-order valence-corrected chi connectivity index (χ3v) is 4.37. The van der Waals surface area contributed by atoms with Gasteiger partial charge in [-0.25, -0.2) is 4.68 Å². The van der Waals surface area contributed by atoms with Crippen molar-refractivity contribution in [3.63, 3.8) is 0 Å². The minimum Gasteiger partial charge on any atom is -0.378 e. The SMILES string of the molecule is CCCCn1ncc(NC2(C)CCC2)c(Br)c1=O. The van der Waals surface area contributed by atoms with Crippen molar-refractivity contribution in [2.75, 3.05) is 5.32 Å². The largest absolute Gasteiger partial charge is 0.378 e. The van der Waals surface area contributed by atoms with Crippen LogP contribution in [0.3, 0.4) is 0 Å². The lowest BCUT2D eigenvalue weighted by Gasteiger charge is -2.40. The van der Waals surface area contributed by atoms with E-state index in [-0.39, 0.29) is 11.1 Å². The minimum absolute atomic E-state index is 0.0450. The molecule has 0 aliphatic heterocycles. The molecular weight excluding hydrogens is 294 g/mol. The number of hydrogen-bond donors (Lipinski definition) is 1. The Balaban J connectivity index is 2.18. The standard InChI is InChI=1S/C13H20BrN3O/c1-3-4-8-17-12(18)11(14)10(9-15-17)16-13(2)6-5-7-13/h9,16H,3-8H2,1-2H3. The summed E-state index contributed by atoms with van der Waals surface area (Å²) in [5, 5.41) is 7.66. The summed E-state index contributed by atoms with van der Waals surface area (Å²) in [5.74, 6) is 0. The maximum absolute atomic E-state index is 12.1. The molecule has 100 valence electrons. The van der Waals surface area contributed by atoms with Crippen molar-refractivity contribution in [1.29, 1.82) is 0 Å². The van der Waals surface area contributed by atoms with Crippen LogP contribution in [-0.4, -0.2) is 15.3 Å². The van der Waals surface area contributed by atoms with E-state index in [4.69, 9.17) is 0 Å². The summed E-state index contributed by atoms with van der Waals surface area (Å²) in [6.07, 6.45) is 7.34. The molecule has 1 N–H and O–H groups in total. The van der Waals surface area contributed by atoms with E-state index in [1.54, 1.807) is 6.20 Å². The summed E-state index contributed by atoms with van der Waals surface area (Å²) < 4.78 is 2.13. The Morgan fingerprint density at radius 3 is 2.83 bits per heavy atom. The van der Waals surface area contributed by atoms with E-state index in [1.807, 2.05) is 0 Å². The Hall–Kier alpha value is -0.840. The lowest BCUT2D eigenvalue weighted by molar-refractivity contribution is 0.306. The molecule has 2 rings (SSSR count). The van der Waals surface area contributed by atoms with Crippen molar-refractivity contribution in [2.24, 2.45) is 0 Å².